The molecule has 0 unspecified atom stereocenters. The molecular weight excluding hydrogens is 615 g/mol. The van der Waals surface area contributed by atoms with E-state index in [-0.39, 0.29) is 0 Å². The van der Waals surface area contributed by atoms with Crippen LogP contribution in [0.2, 0.25) is 0 Å². The molecule has 0 aliphatic rings. The Bertz CT molecular complexity index is 2750. The van der Waals surface area contributed by atoms with E-state index in [1.54, 1.807) is 11.3 Å². The van der Waals surface area contributed by atoms with Crippen LogP contribution in [0.15, 0.2) is 176 Å². The zero-order valence-electron chi connectivity index (χ0n) is 26.5. The van der Waals surface area contributed by atoms with Gasteiger partial charge in [-0.2, -0.15) is 0 Å². The van der Waals surface area contributed by atoms with E-state index in [4.69, 9.17) is 4.98 Å². The molecular formula is C45H29N3S. The first-order chi connectivity index (χ1) is 24.3. The Labute approximate surface area is 287 Å². The second kappa shape index (κ2) is 11.2. The van der Waals surface area contributed by atoms with E-state index in [0.29, 0.717) is 0 Å². The topological polar surface area (TPSA) is 22.8 Å². The van der Waals surface area contributed by atoms with Crippen molar-refractivity contribution in [2.24, 2.45) is 0 Å². The first-order valence-corrected chi connectivity index (χ1v) is 17.4. The molecule has 0 N–H and O–H groups in total. The van der Waals surface area contributed by atoms with Crippen LogP contribution >= 0.6 is 11.3 Å². The monoisotopic (exact) mass is 643 g/mol. The third-order valence-electron chi connectivity index (χ3n) is 9.59. The van der Waals surface area contributed by atoms with Crippen LogP contribution in [0.1, 0.15) is 0 Å². The summed E-state index contributed by atoms with van der Waals surface area (Å²) in [5.41, 5.74) is 11.8. The van der Waals surface area contributed by atoms with Gasteiger partial charge >= 0.3 is 0 Å². The Kier molecular flexibility index (Phi) is 6.36. The van der Waals surface area contributed by atoms with Crippen molar-refractivity contribution < 1.29 is 0 Å². The average Bonchev–Trinajstić information content (AvgIpc) is 3.88. The molecule has 0 amide bonds. The van der Waals surface area contributed by atoms with E-state index in [1.165, 1.54) is 65.9 Å². The molecule has 0 saturated carbocycles. The van der Waals surface area contributed by atoms with Crippen LogP contribution in [0.4, 0.5) is 0 Å². The minimum atomic E-state index is 0.995. The largest absolute Gasteiger partial charge is 0.309 e. The second-order valence-electron chi connectivity index (χ2n) is 12.4. The summed E-state index contributed by atoms with van der Waals surface area (Å²) in [6, 6.07) is 60.9. The van der Waals surface area contributed by atoms with E-state index in [1.807, 2.05) is 0 Å². The van der Waals surface area contributed by atoms with E-state index in [9.17, 15) is 0 Å². The molecule has 3 heterocycles. The number of fused-ring (bicyclic) bond motifs is 7. The number of nitrogens with zero attached hydrogens (tertiary/aromatic N) is 3. The van der Waals surface area contributed by atoms with Gasteiger partial charge in [-0.3, -0.25) is 4.57 Å². The molecule has 10 rings (SSSR count). The van der Waals surface area contributed by atoms with Crippen molar-refractivity contribution in [3.8, 4) is 43.5 Å². The van der Waals surface area contributed by atoms with Crippen LogP contribution in [0, 0.1) is 0 Å². The van der Waals surface area contributed by atoms with Gasteiger partial charge in [0.25, 0.3) is 0 Å². The van der Waals surface area contributed by atoms with Crippen LogP contribution in [0.5, 0.6) is 0 Å². The molecule has 0 saturated heterocycles. The molecule has 0 atom stereocenters. The highest BCUT2D eigenvalue weighted by Gasteiger charge is 2.22. The van der Waals surface area contributed by atoms with Crippen molar-refractivity contribution in [1.29, 1.82) is 0 Å². The predicted octanol–water partition coefficient (Wildman–Crippen LogP) is 12.3. The lowest BCUT2D eigenvalue weighted by Crippen LogP contribution is -1.93. The van der Waals surface area contributed by atoms with Crippen LogP contribution in [-0.2, 0) is 0 Å². The van der Waals surface area contributed by atoms with Gasteiger partial charge in [0.15, 0.2) is 0 Å². The maximum atomic E-state index is 5.11. The highest BCUT2D eigenvalue weighted by atomic mass is 32.1. The maximum Gasteiger partial charge on any atom is 0.125 e. The zero-order chi connectivity index (χ0) is 32.3. The molecule has 7 aromatic carbocycles. The van der Waals surface area contributed by atoms with Gasteiger partial charge < -0.3 is 4.57 Å². The smallest absolute Gasteiger partial charge is 0.125 e. The summed E-state index contributed by atoms with van der Waals surface area (Å²) < 4.78 is 4.83. The van der Waals surface area contributed by atoms with Crippen molar-refractivity contribution in [3.05, 3.63) is 176 Å². The van der Waals surface area contributed by atoms with E-state index in [0.717, 1.165) is 21.3 Å². The van der Waals surface area contributed by atoms with Crippen molar-refractivity contribution in [3.63, 3.8) is 0 Å². The van der Waals surface area contributed by atoms with Gasteiger partial charge in [0.1, 0.15) is 10.0 Å². The third-order valence-corrected chi connectivity index (χ3v) is 10.6. The summed E-state index contributed by atoms with van der Waals surface area (Å²) in [6.07, 6.45) is 2.05. The number of thiazole rings is 1. The van der Waals surface area contributed by atoms with Gasteiger partial charge in [0.2, 0.25) is 0 Å². The Balaban J connectivity index is 1.24. The lowest BCUT2D eigenvalue weighted by Gasteiger charge is -2.10. The fraction of sp³-hybridized carbons (Fsp3) is 0. The lowest BCUT2D eigenvalue weighted by atomic mass is 9.96. The quantitative estimate of drug-likeness (QED) is 0.183. The van der Waals surface area contributed by atoms with E-state index < -0.39 is 0 Å². The fourth-order valence-electron chi connectivity index (χ4n) is 7.44. The zero-order valence-corrected chi connectivity index (χ0v) is 27.3. The summed E-state index contributed by atoms with van der Waals surface area (Å²) in [6.45, 7) is 0. The number of benzene rings is 7. The fourth-order valence-corrected chi connectivity index (χ4v) is 8.37. The summed E-state index contributed by atoms with van der Waals surface area (Å²) in [5, 5.41) is 7.06. The number of hydrogen-bond donors (Lipinski definition) is 0. The normalized spacial score (nSPS) is 11.7. The number of para-hydroxylation sites is 3. The van der Waals surface area contributed by atoms with Crippen LogP contribution in [0.3, 0.4) is 0 Å². The van der Waals surface area contributed by atoms with Crippen molar-refractivity contribution in [2.75, 3.05) is 0 Å². The predicted molar refractivity (Wildman–Crippen MR) is 207 cm³/mol. The lowest BCUT2D eigenvalue weighted by molar-refractivity contribution is 1.18. The summed E-state index contributed by atoms with van der Waals surface area (Å²) in [7, 11) is 0. The number of rotatable bonds is 5. The molecule has 0 fully saturated rings. The van der Waals surface area contributed by atoms with E-state index in [2.05, 4.69) is 185 Å². The molecule has 0 spiro atoms. The van der Waals surface area contributed by atoms with Gasteiger partial charge in [-0.25, -0.2) is 4.98 Å². The first-order valence-electron chi connectivity index (χ1n) is 16.5. The van der Waals surface area contributed by atoms with Gasteiger partial charge in [-0.1, -0.05) is 133 Å². The van der Waals surface area contributed by atoms with Gasteiger partial charge in [-0.15, -0.1) is 0 Å². The molecule has 0 bridgehead atoms. The number of aromatic nitrogens is 3. The summed E-state index contributed by atoms with van der Waals surface area (Å²) >= 11 is 1.74. The van der Waals surface area contributed by atoms with Crippen molar-refractivity contribution in [1.82, 2.24) is 14.1 Å². The molecule has 10 aromatic rings. The Hall–Kier alpha value is -6.23. The standard InChI is InChI=1S/C45H29N3S/c1-4-14-30(15-5-1)32-26-33(31-16-6-2-7-17-31)28-34(27-32)45-46-29-42(49-45)48-39-22-12-10-20-36(39)37-24-25-41-43(44(37)48)38-21-11-13-23-40(38)47(41)35-18-8-3-9-19-35/h1-29H. The summed E-state index contributed by atoms with van der Waals surface area (Å²) in [5.74, 6) is 0. The Morgan fingerprint density at radius 3 is 1.63 bits per heavy atom. The van der Waals surface area contributed by atoms with Gasteiger partial charge in [0, 0.05) is 32.8 Å². The molecule has 49 heavy (non-hydrogen) atoms. The molecule has 0 radical (unpaired) electrons. The highest BCUT2D eigenvalue weighted by Crippen LogP contribution is 2.43. The SMILES string of the molecule is c1ccc(-c2cc(-c3ccccc3)cc(-c3ncc(-n4c5ccccc5c5ccc6c(c7ccccc7n6-c6ccccc6)c54)s3)c2)cc1. The molecule has 0 aliphatic heterocycles. The first kappa shape index (κ1) is 27.8. The minimum absolute atomic E-state index is 0.995. The van der Waals surface area contributed by atoms with E-state index >= 15 is 0 Å². The molecule has 3 nitrogen and oxygen atoms in total. The van der Waals surface area contributed by atoms with Crippen molar-refractivity contribution in [2.45, 2.75) is 0 Å². The molecule has 0 aliphatic carbocycles. The summed E-state index contributed by atoms with van der Waals surface area (Å²) in [4.78, 5) is 5.11. The molecule has 3 aromatic heterocycles. The second-order valence-corrected chi connectivity index (χ2v) is 13.4. The van der Waals surface area contributed by atoms with Crippen LogP contribution in [0.25, 0.3) is 87.1 Å². The third kappa shape index (κ3) is 4.46. The minimum Gasteiger partial charge on any atom is -0.309 e. The highest BCUT2D eigenvalue weighted by molar-refractivity contribution is 7.17. The molecule has 230 valence electrons. The van der Waals surface area contributed by atoms with Crippen LogP contribution in [-0.4, -0.2) is 14.1 Å². The van der Waals surface area contributed by atoms with Crippen LogP contribution < -0.4 is 0 Å². The molecule has 4 heteroatoms. The van der Waals surface area contributed by atoms with Crippen molar-refractivity contribution >= 4 is 54.9 Å². The Morgan fingerprint density at radius 1 is 0.408 bits per heavy atom. The Morgan fingerprint density at radius 2 is 0.959 bits per heavy atom. The number of hydrogen-bond acceptors (Lipinski definition) is 2. The van der Waals surface area contributed by atoms with Gasteiger partial charge in [-0.05, 0) is 70.8 Å². The maximum absolute atomic E-state index is 5.11. The van der Waals surface area contributed by atoms with Gasteiger partial charge in [0.05, 0.1) is 28.3 Å². The average molecular weight is 644 g/mol.